The van der Waals surface area contributed by atoms with Crippen molar-refractivity contribution in [2.45, 2.75) is 20.3 Å². The number of rotatable bonds is 8. The van der Waals surface area contributed by atoms with Gasteiger partial charge in [0, 0.05) is 25.2 Å². The van der Waals surface area contributed by atoms with Crippen molar-refractivity contribution in [3.63, 3.8) is 0 Å². The molecular weight excluding hydrogens is 214 g/mol. The van der Waals surface area contributed by atoms with Gasteiger partial charge in [0.15, 0.2) is 5.78 Å². The summed E-state index contributed by atoms with van der Waals surface area (Å²) in [6, 6.07) is 10.2. The Morgan fingerprint density at radius 2 is 1.94 bits per heavy atom. The number of ketones is 1. The van der Waals surface area contributed by atoms with E-state index in [0.29, 0.717) is 13.0 Å². The van der Waals surface area contributed by atoms with Crippen molar-refractivity contribution < 1.29 is 9.53 Å². The number of benzene rings is 1. The summed E-state index contributed by atoms with van der Waals surface area (Å²) in [5, 5.41) is 0. The molecule has 17 heavy (non-hydrogen) atoms. The van der Waals surface area contributed by atoms with E-state index in [1.54, 1.807) is 0 Å². The first-order valence-corrected chi connectivity index (χ1v) is 6.17. The van der Waals surface area contributed by atoms with Crippen molar-refractivity contribution in [1.82, 2.24) is 0 Å². The van der Waals surface area contributed by atoms with Gasteiger partial charge in [0.25, 0.3) is 0 Å². The maximum absolute atomic E-state index is 11.1. The topological polar surface area (TPSA) is 29.5 Å². The Bertz CT molecular complexity index is 324. The standard InChI is InChI=1S/C14H21NO2/c1-3-14(16)12-17-11-10-15(4-2)13-8-6-5-7-9-13/h5-9H,3-4,10-12H2,1-2H3. The Hall–Kier alpha value is -1.35. The predicted octanol–water partition coefficient (Wildman–Crippen LogP) is 2.51. The second-order valence-electron chi connectivity index (χ2n) is 3.86. The summed E-state index contributed by atoms with van der Waals surface area (Å²) in [7, 11) is 0. The molecular formula is C14H21NO2. The number of Topliss-reactive ketones (excluding diaryl/α,β-unsaturated/α-hetero) is 1. The minimum Gasteiger partial charge on any atom is -0.372 e. The van der Waals surface area contributed by atoms with Gasteiger partial charge in [-0.15, -0.1) is 0 Å². The van der Waals surface area contributed by atoms with E-state index in [-0.39, 0.29) is 12.4 Å². The van der Waals surface area contributed by atoms with Crippen molar-refractivity contribution in [2.24, 2.45) is 0 Å². The molecule has 0 aliphatic rings. The first-order valence-electron chi connectivity index (χ1n) is 6.17. The summed E-state index contributed by atoms with van der Waals surface area (Å²) < 4.78 is 5.35. The molecule has 0 fully saturated rings. The zero-order valence-corrected chi connectivity index (χ0v) is 10.7. The molecule has 0 heterocycles. The highest BCUT2D eigenvalue weighted by molar-refractivity contribution is 5.79. The predicted molar refractivity (Wildman–Crippen MR) is 70.4 cm³/mol. The van der Waals surface area contributed by atoms with Gasteiger partial charge in [-0.1, -0.05) is 25.1 Å². The highest BCUT2D eigenvalue weighted by Crippen LogP contribution is 2.11. The van der Waals surface area contributed by atoms with E-state index in [1.807, 2.05) is 25.1 Å². The third kappa shape index (κ3) is 5.00. The van der Waals surface area contributed by atoms with Crippen LogP contribution in [0.15, 0.2) is 30.3 Å². The fourth-order valence-electron chi connectivity index (χ4n) is 1.57. The van der Waals surface area contributed by atoms with Gasteiger partial charge in [0.2, 0.25) is 0 Å². The molecule has 0 aliphatic heterocycles. The van der Waals surface area contributed by atoms with E-state index in [9.17, 15) is 4.79 Å². The van der Waals surface area contributed by atoms with Crippen LogP contribution < -0.4 is 4.90 Å². The summed E-state index contributed by atoms with van der Waals surface area (Å²) in [6.07, 6.45) is 0.552. The highest BCUT2D eigenvalue weighted by Gasteiger charge is 2.03. The van der Waals surface area contributed by atoms with E-state index in [2.05, 4.69) is 24.0 Å². The summed E-state index contributed by atoms with van der Waals surface area (Å²) >= 11 is 0. The molecule has 0 amide bonds. The lowest BCUT2D eigenvalue weighted by Crippen LogP contribution is -2.27. The molecule has 3 heteroatoms. The van der Waals surface area contributed by atoms with E-state index in [4.69, 9.17) is 4.74 Å². The number of likely N-dealkylation sites (N-methyl/N-ethyl adjacent to an activating group) is 1. The second kappa shape index (κ2) is 7.85. The summed E-state index contributed by atoms with van der Waals surface area (Å²) in [5.41, 5.74) is 1.19. The maximum Gasteiger partial charge on any atom is 0.158 e. The molecule has 1 rings (SSSR count). The van der Waals surface area contributed by atoms with Gasteiger partial charge in [-0.25, -0.2) is 0 Å². The quantitative estimate of drug-likeness (QED) is 0.648. The third-order valence-electron chi connectivity index (χ3n) is 2.67. The lowest BCUT2D eigenvalue weighted by molar-refractivity contribution is -0.123. The number of carbonyl (C=O) groups excluding carboxylic acids is 1. The molecule has 3 nitrogen and oxygen atoms in total. The highest BCUT2D eigenvalue weighted by atomic mass is 16.5. The van der Waals surface area contributed by atoms with Crippen LogP contribution in [0.25, 0.3) is 0 Å². The van der Waals surface area contributed by atoms with Gasteiger partial charge in [-0.05, 0) is 19.1 Å². The smallest absolute Gasteiger partial charge is 0.158 e. The lowest BCUT2D eigenvalue weighted by atomic mass is 10.3. The van der Waals surface area contributed by atoms with Crippen LogP contribution in [-0.2, 0) is 9.53 Å². The summed E-state index contributed by atoms with van der Waals surface area (Å²) in [4.78, 5) is 13.3. The molecule has 0 radical (unpaired) electrons. The Morgan fingerprint density at radius 1 is 1.24 bits per heavy atom. The van der Waals surface area contributed by atoms with Crippen LogP contribution in [0.5, 0.6) is 0 Å². The van der Waals surface area contributed by atoms with Crippen molar-refractivity contribution in [3.05, 3.63) is 30.3 Å². The minimum atomic E-state index is 0.160. The van der Waals surface area contributed by atoms with Crippen LogP contribution in [0, 0.1) is 0 Å². The van der Waals surface area contributed by atoms with Gasteiger partial charge in [-0.2, -0.15) is 0 Å². The zero-order valence-electron chi connectivity index (χ0n) is 10.7. The molecule has 0 saturated heterocycles. The van der Waals surface area contributed by atoms with E-state index < -0.39 is 0 Å². The first kappa shape index (κ1) is 13.7. The van der Waals surface area contributed by atoms with Crippen LogP contribution in [0.2, 0.25) is 0 Å². The van der Waals surface area contributed by atoms with Crippen LogP contribution >= 0.6 is 0 Å². The number of hydrogen-bond acceptors (Lipinski definition) is 3. The van der Waals surface area contributed by atoms with Crippen LogP contribution in [0.3, 0.4) is 0 Å². The molecule has 0 aliphatic carbocycles. The Morgan fingerprint density at radius 3 is 2.53 bits per heavy atom. The number of nitrogens with zero attached hydrogens (tertiary/aromatic N) is 1. The largest absolute Gasteiger partial charge is 0.372 e. The minimum absolute atomic E-state index is 0.160. The monoisotopic (exact) mass is 235 g/mol. The van der Waals surface area contributed by atoms with Gasteiger partial charge >= 0.3 is 0 Å². The van der Waals surface area contributed by atoms with Crippen LogP contribution in [-0.4, -0.2) is 32.1 Å². The van der Waals surface area contributed by atoms with Crippen molar-refractivity contribution in [3.8, 4) is 0 Å². The zero-order chi connectivity index (χ0) is 12.5. The van der Waals surface area contributed by atoms with Crippen molar-refractivity contribution in [2.75, 3.05) is 31.2 Å². The number of anilines is 1. The van der Waals surface area contributed by atoms with Gasteiger partial charge in [0.1, 0.15) is 6.61 Å². The molecule has 0 spiro atoms. The van der Waals surface area contributed by atoms with Crippen LogP contribution in [0.1, 0.15) is 20.3 Å². The van der Waals surface area contributed by atoms with E-state index >= 15 is 0 Å². The number of para-hydroxylation sites is 1. The Labute approximate surface area is 103 Å². The second-order valence-corrected chi connectivity index (χ2v) is 3.86. The molecule has 0 unspecified atom stereocenters. The molecule has 0 saturated carbocycles. The lowest BCUT2D eigenvalue weighted by Gasteiger charge is -2.22. The molecule has 0 atom stereocenters. The first-order chi connectivity index (χ1) is 8.27. The normalized spacial score (nSPS) is 10.2. The van der Waals surface area contributed by atoms with Crippen LogP contribution in [0.4, 0.5) is 5.69 Å². The third-order valence-corrected chi connectivity index (χ3v) is 2.67. The molecule has 0 N–H and O–H groups in total. The molecule has 1 aromatic rings. The average Bonchev–Trinajstić information content (AvgIpc) is 2.39. The Kier molecular flexibility index (Phi) is 6.33. The molecule has 0 aromatic heterocycles. The molecule has 0 bridgehead atoms. The fraction of sp³-hybridized carbons (Fsp3) is 0.500. The number of carbonyl (C=O) groups is 1. The van der Waals surface area contributed by atoms with Gasteiger partial charge < -0.3 is 9.64 Å². The van der Waals surface area contributed by atoms with Gasteiger partial charge in [-0.3, -0.25) is 4.79 Å². The molecule has 94 valence electrons. The summed E-state index contributed by atoms with van der Waals surface area (Å²) in [6.45, 7) is 6.56. The van der Waals surface area contributed by atoms with E-state index in [0.717, 1.165) is 13.1 Å². The summed E-state index contributed by atoms with van der Waals surface area (Å²) in [5.74, 6) is 0.160. The van der Waals surface area contributed by atoms with Crippen molar-refractivity contribution in [1.29, 1.82) is 0 Å². The fourth-order valence-corrected chi connectivity index (χ4v) is 1.57. The number of ether oxygens (including phenoxy) is 1. The molecule has 1 aromatic carbocycles. The average molecular weight is 235 g/mol. The van der Waals surface area contributed by atoms with Gasteiger partial charge in [0.05, 0.1) is 6.61 Å². The van der Waals surface area contributed by atoms with Crippen molar-refractivity contribution >= 4 is 11.5 Å². The SMILES string of the molecule is CCC(=O)COCCN(CC)c1ccccc1. The van der Waals surface area contributed by atoms with E-state index in [1.165, 1.54) is 5.69 Å². The Balaban J connectivity index is 2.31. The number of hydrogen-bond donors (Lipinski definition) is 0. The maximum atomic E-state index is 11.1.